The molecule has 51 heavy (non-hydrogen) atoms. The van der Waals surface area contributed by atoms with Crippen LogP contribution in [0.2, 0.25) is 0 Å². The summed E-state index contributed by atoms with van der Waals surface area (Å²) in [6.45, 7) is 0.424. The second-order valence-corrected chi connectivity index (χ2v) is 13.6. The predicted molar refractivity (Wildman–Crippen MR) is 165 cm³/mol. The number of anilines is 1. The van der Waals surface area contributed by atoms with E-state index in [1.54, 1.807) is 24.5 Å². The Morgan fingerprint density at radius 1 is 0.745 bits per heavy atom. The van der Waals surface area contributed by atoms with Crippen LogP contribution in [0.15, 0.2) is 36.7 Å². The third-order valence-electron chi connectivity index (χ3n) is 10.3. The molecular weight excluding hydrogens is 742 g/mol. The number of nitrogens with one attached hydrogen (secondary N) is 2. The lowest BCUT2D eigenvalue weighted by Crippen LogP contribution is -3.00. The highest BCUT2D eigenvalue weighted by molar-refractivity contribution is 6.02. The summed E-state index contributed by atoms with van der Waals surface area (Å²) in [5.74, 6) is -0.177. The number of para-hydroxylation sites is 1. The van der Waals surface area contributed by atoms with Gasteiger partial charge in [0.2, 0.25) is 0 Å². The molecule has 21 heteroatoms. The summed E-state index contributed by atoms with van der Waals surface area (Å²) >= 11 is 0. The maximum atomic E-state index is 13.1. The molecule has 20 nitrogen and oxygen atoms in total. The number of nitrogens with zero attached hydrogens (tertiary/aromatic N) is 7. The van der Waals surface area contributed by atoms with Gasteiger partial charge in [0, 0.05) is 18.5 Å². The highest BCUT2D eigenvalue weighted by Gasteiger charge is 2.49. The molecule has 4 aliphatic rings. The molecule has 1 spiro atoms. The largest absolute Gasteiger partial charge is 1.00 e. The summed E-state index contributed by atoms with van der Waals surface area (Å²) in [4.78, 5) is 13.1. The van der Waals surface area contributed by atoms with Gasteiger partial charge in [0.05, 0.1) is 44.3 Å². The van der Waals surface area contributed by atoms with E-state index in [1.807, 2.05) is 12.1 Å². The first-order chi connectivity index (χ1) is 23.9. The van der Waals surface area contributed by atoms with Crippen molar-refractivity contribution < 1.29 is 76.6 Å². The van der Waals surface area contributed by atoms with Crippen molar-refractivity contribution in [3.05, 3.63) is 53.6 Å². The molecule has 0 bridgehead atoms. The molecule has 0 radical (unpaired) electrons. The maximum Gasteiger partial charge on any atom is 0.255 e. The van der Waals surface area contributed by atoms with E-state index >= 15 is 0 Å². The fourth-order valence-electron chi connectivity index (χ4n) is 7.39. The zero-order valence-electron chi connectivity index (χ0n) is 27.2. The van der Waals surface area contributed by atoms with Gasteiger partial charge in [-0.15, -0.1) is 10.2 Å². The summed E-state index contributed by atoms with van der Waals surface area (Å²) in [7, 11) is 0. The molecule has 0 aliphatic carbocycles. The number of carbonyl (C=O) groups excluding carboxylic acids is 1. The van der Waals surface area contributed by atoms with Crippen LogP contribution in [0.5, 0.6) is 0 Å². The van der Waals surface area contributed by atoms with E-state index in [0.717, 1.165) is 5.69 Å². The molecule has 3 aromatic rings. The second kappa shape index (κ2) is 14.7. The number of fused-ring (bicyclic) bond motifs is 1. The minimum atomic E-state index is -1.59. The molecular formula is C30H42BrN9O11. The molecule has 2 aromatic heterocycles. The molecule has 1 amide bonds. The smallest absolute Gasteiger partial charge is 0.255 e. The monoisotopic (exact) mass is 783 g/mol. The van der Waals surface area contributed by atoms with Crippen LogP contribution < -0.4 is 27.6 Å². The lowest BCUT2D eigenvalue weighted by Gasteiger charge is -2.50. The number of likely N-dealkylation sites (tertiary alicyclic amines) is 1. The van der Waals surface area contributed by atoms with Crippen LogP contribution in [-0.2, 0) is 22.6 Å². The maximum absolute atomic E-state index is 13.1. The molecule has 10 atom stereocenters. The van der Waals surface area contributed by atoms with Gasteiger partial charge >= 0.3 is 0 Å². The van der Waals surface area contributed by atoms with Gasteiger partial charge in [-0.05, 0) is 12.1 Å². The Morgan fingerprint density at radius 2 is 1.24 bits per heavy atom. The van der Waals surface area contributed by atoms with Crippen molar-refractivity contribution in [3.8, 4) is 0 Å². The van der Waals surface area contributed by atoms with Crippen LogP contribution >= 0.6 is 0 Å². The minimum Gasteiger partial charge on any atom is -1.00 e. The third kappa shape index (κ3) is 7.01. The van der Waals surface area contributed by atoms with E-state index in [9.17, 15) is 45.6 Å². The van der Waals surface area contributed by atoms with E-state index in [2.05, 4.69) is 31.3 Å². The van der Waals surface area contributed by atoms with Crippen LogP contribution in [0, 0.1) is 0 Å². The van der Waals surface area contributed by atoms with Gasteiger partial charge in [0.25, 0.3) is 5.91 Å². The van der Waals surface area contributed by atoms with Gasteiger partial charge in [-0.3, -0.25) is 4.79 Å². The fourth-order valence-corrected chi connectivity index (χ4v) is 7.39. The standard InChI is InChI=1S/C30H41N9O11.BrH/c40-13-19-21(42)23(44)25(46)28(49-19)37-9-15(33-35-37)11-39(7-5-30(6-8-39)31-18-4-2-1-3-17(18)27(48)32-30)12-16-10-38(36-34-16)29-26(47)24(45)22(43)20(14-41)50-29;/h1-4,9-10,19-26,28-29,40-47H,5-8,11-14H2,(H-,31,32,48);1H/t19-,20-,21-,22-,23+,24+,25-,26-,28-,29-;/m1./s1. The molecule has 0 saturated carbocycles. The molecule has 1 aromatic carbocycles. The third-order valence-corrected chi connectivity index (χ3v) is 10.3. The molecule has 7 rings (SSSR count). The molecule has 3 saturated heterocycles. The summed E-state index contributed by atoms with van der Waals surface area (Å²) in [5.41, 5.74) is 1.56. The first kappa shape index (κ1) is 37.6. The van der Waals surface area contributed by atoms with E-state index < -0.39 is 80.2 Å². The van der Waals surface area contributed by atoms with E-state index in [1.165, 1.54) is 9.36 Å². The number of aliphatic hydroxyl groups excluding tert-OH is 8. The van der Waals surface area contributed by atoms with Crippen molar-refractivity contribution in [1.82, 2.24) is 35.3 Å². The van der Waals surface area contributed by atoms with Gasteiger partial charge < -0.3 is 82.4 Å². The number of quaternary nitrogens is 1. The van der Waals surface area contributed by atoms with Crippen LogP contribution in [0.4, 0.5) is 5.69 Å². The molecule has 10 N–H and O–H groups in total. The zero-order valence-corrected chi connectivity index (χ0v) is 28.8. The second-order valence-electron chi connectivity index (χ2n) is 13.6. The number of amides is 1. The number of hydrogen-bond donors (Lipinski definition) is 10. The van der Waals surface area contributed by atoms with Crippen molar-refractivity contribution in [2.45, 2.75) is 92.9 Å². The Hall–Kier alpha value is -3.19. The van der Waals surface area contributed by atoms with Gasteiger partial charge in [0.15, 0.2) is 12.5 Å². The number of halogens is 1. The number of aliphatic hydroxyl groups is 8. The van der Waals surface area contributed by atoms with E-state index in [-0.39, 0.29) is 22.9 Å². The van der Waals surface area contributed by atoms with Gasteiger partial charge in [-0.1, -0.05) is 22.6 Å². The Labute approximate surface area is 301 Å². The number of rotatable bonds is 8. The molecule has 0 unspecified atom stereocenters. The van der Waals surface area contributed by atoms with Gasteiger partial charge in [-0.2, -0.15) is 0 Å². The number of carbonyl (C=O) groups is 1. The normalized spacial score (nSPS) is 34.2. The van der Waals surface area contributed by atoms with Gasteiger partial charge in [0.1, 0.15) is 79.0 Å². The Bertz CT molecular complexity index is 1590. The van der Waals surface area contributed by atoms with Crippen LogP contribution in [-0.4, -0.2) is 162 Å². The number of benzene rings is 1. The lowest BCUT2D eigenvalue weighted by atomic mass is 9.90. The fraction of sp³-hybridized carbons (Fsp3) is 0.633. The summed E-state index contributed by atoms with van der Waals surface area (Å²) in [6.07, 6.45) is -9.94. The average Bonchev–Trinajstić information content (AvgIpc) is 3.77. The quantitative estimate of drug-likeness (QED) is 0.0950. The molecule has 280 valence electrons. The SMILES string of the molecule is O=C1NC2(CC[N+](Cc3cn([C@@H]4O[C@H](CO)[C@@H](O)[C@H](O)[C@H]4O)nn3)(Cc3cn([C@@H]4O[C@H](CO)[C@@H](O)[C@H](O)[C@H]4O)nn3)CC2)Nc2ccccc21.[Br-]. The van der Waals surface area contributed by atoms with Crippen molar-refractivity contribution in [2.24, 2.45) is 0 Å². The van der Waals surface area contributed by atoms with Crippen LogP contribution in [0.25, 0.3) is 0 Å². The van der Waals surface area contributed by atoms with Crippen molar-refractivity contribution in [3.63, 3.8) is 0 Å². The molecule has 4 aliphatic heterocycles. The minimum absolute atomic E-state index is 0. The summed E-state index contributed by atoms with van der Waals surface area (Å²) in [6, 6.07) is 7.28. The number of aromatic nitrogens is 6. The Kier molecular flexibility index (Phi) is 10.8. The summed E-state index contributed by atoms with van der Waals surface area (Å²) < 4.78 is 14.1. The number of piperidine rings is 1. The van der Waals surface area contributed by atoms with E-state index in [4.69, 9.17) is 9.47 Å². The molecule has 6 heterocycles. The number of hydrogen-bond acceptors (Lipinski definition) is 16. The van der Waals surface area contributed by atoms with Crippen LogP contribution in [0.1, 0.15) is 47.0 Å². The Morgan fingerprint density at radius 3 is 1.73 bits per heavy atom. The average molecular weight is 785 g/mol. The Balaban J connectivity index is 0.00000448. The zero-order chi connectivity index (χ0) is 35.4. The highest BCUT2D eigenvalue weighted by Crippen LogP contribution is 2.36. The first-order valence-corrected chi connectivity index (χ1v) is 16.4. The number of ether oxygens (including phenoxy) is 2. The summed E-state index contributed by atoms with van der Waals surface area (Å²) in [5, 5.41) is 105. The lowest BCUT2D eigenvalue weighted by molar-refractivity contribution is -0.959. The first-order valence-electron chi connectivity index (χ1n) is 16.4. The van der Waals surface area contributed by atoms with Crippen molar-refractivity contribution in [2.75, 3.05) is 31.6 Å². The molecule has 3 fully saturated rings. The van der Waals surface area contributed by atoms with E-state index in [0.29, 0.717) is 60.5 Å². The predicted octanol–water partition coefficient (Wildman–Crippen LogP) is -7.32. The van der Waals surface area contributed by atoms with Gasteiger partial charge in [-0.25, -0.2) is 9.36 Å². The van der Waals surface area contributed by atoms with Crippen molar-refractivity contribution >= 4 is 11.6 Å². The van der Waals surface area contributed by atoms with Crippen LogP contribution in [0.3, 0.4) is 0 Å². The topological polar surface area (TPSA) is 283 Å². The highest BCUT2D eigenvalue weighted by atomic mass is 79.9. The van der Waals surface area contributed by atoms with Crippen molar-refractivity contribution in [1.29, 1.82) is 0 Å².